The van der Waals surface area contributed by atoms with Crippen molar-refractivity contribution in [2.24, 2.45) is 12.8 Å². The van der Waals surface area contributed by atoms with Crippen LogP contribution in [0.5, 0.6) is 0 Å². The second-order valence-corrected chi connectivity index (χ2v) is 8.41. The van der Waals surface area contributed by atoms with Crippen molar-refractivity contribution >= 4 is 28.5 Å². The maximum absolute atomic E-state index is 12.3. The Balaban J connectivity index is 1.65. The van der Waals surface area contributed by atoms with Crippen molar-refractivity contribution in [2.75, 3.05) is 56.1 Å². The standard InChI is InChI=1S/C21H27N7O3/c1-25-5-7-27(8-6-25)21-24-18(20(22)30)19(31-21)15-10-16-13(11-23-26(16)2)9-17(15)28-4-3-14(29)12-28/h9-11,14,29H,3-8,12H2,1-2H3,(H2,22,30). The molecule has 0 aliphatic carbocycles. The quantitative estimate of drug-likeness (QED) is 0.626. The van der Waals surface area contributed by atoms with E-state index in [0.29, 0.717) is 31.3 Å². The molecule has 3 aromatic rings. The normalized spacial score (nSPS) is 20.2. The number of benzene rings is 1. The third-order valence-corrected chi connectivity index (χ3v) is 6.24. The molecule has 1 amide bonds. The van der Waals surface area contributed by atoms with E-state index in [0.717, 1.165) is 48.3 Å². The first kappa shape index (κ1) is 19.8. The number of aromatic nitrogens is 3. The zero-order chi connectivity index (χ0) is 21.7. The Kier molecular flexibility index (Phi) is 4.82. The Morgan fingerprint density at radius 1 is 1.16 bits per heavy atom. The van der Waals surface area contributed by atoms with Gasteiger partial charge in [-0.15, -0.1) is 0 Å². The van der Waals surface area contributed by atoms with Crippen LogP contribution < -0.4 is 15.5 Å². The van der Waals surface area contributed by atoms with Gasteiger partial charge in [0.2, 0.25) is 0 Å². The van der Waals surface area contributed by atoms with Gasteiger partial charge in [0.25, 0.3) is 11.9 Å². The van der Waals surface area contributed by atoms with Crippen molar-refractivity contribution < 1.29 is 14.3 Å². The highest BCUT2D eigenvalue weighted by molar-refractivity contribution is 6.01. The highest BCUT2D eigenvalue weighted by Gasteiger charge is 2.30. The summed E-state index contributed by atoms with van der Waals surface area (Å²) < 4.78 is 7.99. The number of nitrogens with two attached hydrogens (primary N) is 1. The van der Waals surface area contributed by atoms with Gasteiger partial charge in [-0.2, -0.15) is 10.1 Å². The van der Waals surface area contributed by atoms with Crippen LogP contribution in [-0.4, -0.2) is 83.1 Å². The van der Waals surface area contributed by atoms with E-state index >= 15 is 0 Å². The summed E-state index contributed by atoms with van der Waals surface area (Å²) in [4.78, 5) is 23.2. The van der Waals surface area contributed by atoms with Crippen LogP contribution in [0.15, 0.2) is 22.7 Å². The van der Waals surface area contributed by atoms with Crippen molar-refractivity contribution in [3.8, 4) is 11.3 Å². The topological polar surface area (TPSA) is 117 Å². The number of anilines is 2. The van der Waals surface area contributed by atoms with E-state index in [2.05, 4.69) is 26.9 Å². The molecule has 3 N–H and O–H groups in total. The van der Waals surface area contributed by atoms with Gasteiger partial charge in [0, 0.05) is 63.0 Å². The molecule has 164 valence electrons. The van der Waals surface area contributed by atoms with Gasteiger partial charge in [-0.25, -0.2) is 0 Å². The number of primary amides is 1. The molecule has 0 saturated carbocycles. The predicted octanol–water partition coefficient (Wildman–Crippen LogP) is 0.650. The Hall–Kier alpha value is -3.11. The number of hydrogen-bond donors (Lipinski definition) is 2. The van der Waals surface area contributed by atoms with Gasteiger partial charge in [-0.05, 0) is 25.6 Å². The third kappa shape index (κ3) is 3.51. The van der Waals surface area contributed by atoms with Crippen molar-refractivity contribution in [2.45, 2.75) is 12.5 Å². The molecule has 0 bridgehead atoms. The zero-order valence-corrected chi connectivity index (χ0v) is 17.8. The maximum atomic E-state index is 12.3. The molecule has 2 saturated heterocycles. The highest BCUT2D eigenvalue weighted by Crippen LogP contribution is 2.39. The number of oxazole rings is 1. The van der Waals surface area contributed by atoms with Crippen LogP contribution in [0.2, 0.25) is 0 Å². The molecule has 10 heteroatoms. The molecule has 4 heterocycles. The van der Waals surface area contributed by atoms with Gasteiger partial charge in [0.05, 0.1) is 17.8 Å². The van der Waals surface area contributed by atoms with Crippen LogP contribution in [0.4, 0.5) is 11.7 Å². The van der Waals surface area contributed by atoms with Crippen LogP contribution in [-0.2, 0) is 7.05 Å². The van der Waals surface area contributed by atoms with Gasteiger partial charge >= 0.3 is 0 Å². The number of carbonyl (C=O) groups is 1. The summed E-state index contributed by atoms with van der Waals surface area (Å²) in [7, 11) is 3.95. The first-order chi connectivity index (χ1) is 14.9. The minimum absolute atomic E-state index is 0.122. The van der Waals surface area contributed by atoms with E-state index in [1.807, 2.05) is 24.1 Å². The zero-order valence-electron chi connectivity index (χ0n) is 17.8. The number of amides is 1. The van der Waals surface area contributed by atoms with Crippen molar-refractivity contribution in [1.29, 1.82) is 0 Å². The lowest BCUT2D eigenvalue weighted by atomic mass is 10.0. The first-order valence-electron chi connectivity index (χ1n) is 10.5. The summed E-state index contributed by atoms with van der Waals surface area (Å²) in [6.45, 7) is 4.54. The van der Waals surface area contributed by atoms with Gasteiger partial charge in [0.1, 0.15) is 0 Å². The molecule has 1 atom stereocenters. The second-order valence-electron chi connectivity index (χ2n) is 8.41. The van der Waals surface area contributed by atoms with Crippen molar-refractivity contribution in [3.63, 3.8) is 0 Å². The summed E-state index contributed by atoms with van der Waals surface area (Å²) in [6, 6.07) is 4.40. The molecule has 2 aliphatic heterocycles. The Morgan fingerprint density at radius 2 is 1.94 bits per heavy atom. The number of likely N-dealkylation sites (N-methyl/N-ethyl adjacent to an activating group) is 1. The van der Waals surface area contributed by atoms with Crippen molar-refractivity contribution in [1.82, 2.24) is 19.7 Å². The summed E-state index contributed by atoms with van der Waals surface area (Å²) >= 11 is 0. The molecule has 2 aliphatic rings. The number of carbonyl (C=O) groups excluding carboxylic acids is 1. The van der Waals surface area contributed by atoms with Crippen molar-refractivity contribution in [3.05, 3.63) is 24.0 Å². The lowest BCUT2D eigenvalue weighted by Crippen LogP contribution is -2.44. The van der Waals surface area contributed by atoms with E-state index in [-0.39, 0.29) is 11.8 Å². The largest absolute Gasteiger partial charge is 0.422 e. The van der Waals surface area contributed by atoms with E-state index in [1.165, 1.54) is 0 Å². The lowest BCUT2D eigenvalue weighted by Gasteiger charge is -2.31. The smallest absolute Gasteiger partial charge is 0.298 e. The van der Waals surface area contributed by atoms with E-state index in [1.54, 1.807) is 10.9 Å². The molecule has 0 radical (unpaired) electrons. The first-order valence-corrected chi connectivity index (χ1v) is 10.5. The minimum Gasteiger partial charge on any atom is -0.422 e. The molecular weight excluding hydrogens is 398 g/mol. The Bertz CT molecular complexity index is 1130. The van der Waals surface area contributed by atoms with Crippen LogP contribution in [0.25, 0.3) is 22.2 Å². The summed E-state index contributed by atoms with van der Waals surface area (Å²) in [5, 5.41) is 15.4. The number of nitrogens with zero attached hydrogens (tertiary/aromatic N) is 6. The summed E-state index contributed by atoms with van der Waals surface area (Å²) in [5.74, 6) is -0.266. The number of hydrogen-bond acceptors (Lipinski definition) is 8. The molecule has 1 aromatic carbocycles. The van der Waals surface area contributed by atoms with E-state index in [4.69, 9.17) is 10.2 Å². The van der Waals surface area contributed by atoms with Crippen LogP contribution in [0.3, 0.4) is 0 Å². The monoisotopic (exact) mass is 425 g/mol. The number of aliphatic hydroxyl groups is 1. The number of aliphatic hydroxyl groups excluding tert-OH is 1. The summed E-state index contributed by atoms with van der Waals surface area (Å²) in [6.07, 6.45) is 2.11. The van der Waals surface area contributed by atoms with Crippen LogP contribution in [0, 0.1) is 0 Å². The Morgan fingerprint density at radius 3 is 2.61 bits per heavy atom. The van der Waals surface area contributed by atoms with E-state index in [9.17, 15) is 9.90 Å². The molecular formula is C21H27N7O3. The SMILES string of the molecule is CN1CCN(c2nc(C(N)=O)c(-c3cc4c(cnn4C)cc3N3CCC(O)C3)o2)CC1. The molecule has 2 aromatic heterocycles. The summed E-state index contributed by atoms with van der Waals surface area (Å²) in [5.41, 5.74) is 8.34. The number of piperazine rings is 1. The number of aryl methyl sites for hydroxylation is 1. The number of rotatable bonds is 4. The fourth-order valence-corrected chi connectivity index (χ4v) is 4.38. The minimum atomic E-state index is -0.628. The van der Waals surface area contributed by atoms with Crippen LogP contribution >= 0.6 is 0 Å². The second kappa shape index (κ2) is 7.54. The van der Waals surface area contributed by atoms with Gasteiger partial charge in [-0.1, -0.05) is 0 Å². The van der Waals surface area contributed by atoms with E-state index < -0.39 is 5.91 Å². The third-order valence-electron chi connectivity index (χ3n) is 6.24. The van der Waals surface area contributed by atoms with Gasteiger partial charge in [-0.3, -0.25) is 9.48 Å². The Labute approximate surface area is 179 Å². The highest BCUT2D eigenvalue weighted by atomic mass is 16.4. The van der Waals surface area contributed by atoms with Crippen LogP contribution in [0.1, 0.15) is 16.9 Å². The van der Waals surface area contributed by atoms with Gasteiger partial charge < -0.3 is 30.0 Å². The number of fused-ring (bicyclic) bond motifs is 1. The maximum Gasteiger partial charge on any atom is 0.298 e. The number of β-amino-alcohol motifs (C(OH)–C–C–N with tert-alkyl or cyclic N) is 1. The molecule has 0 spiro atoms. The lowest BCUT2D eigenvalue weighted by molar-refractivity contribution is 0.0996. The predicted molar refractivity (Wildman–Crippen MR) is 117 cm³/mol. The van der Waals surface area contributed by atoms with Gasteiger partial charge in [0.15, 0.2) is 11.5 Å². The molecule has 1 unspecified atom stereocenters. The molecule has 2 fully saturated rings. The fraction of sp³-hybridized carbons (Fsp3) is 0.476. The fourth-order valence-electron chi connectivity index (χ4n) is 4.38. The molecule has 31 heavy (non-hydrogen) atoms. The molecule has 10 nitrogen and oxygen atoms in total. The average Bonchev–Trinajstić information content (AvgIpc) is 3.46. The average molecular weight is 425 g/mol. The molecule has 5 rings (SSSR count).